The number of aryl methyl sites for hydroxylation is 1. The van der Waals surface area contributed by atoms with Crippen molar-refractivity contribution in [1.82, 2.24) is 0 Å². The number of carbonyl (C=O) groups is 1. The van der Waals surface area contributed by atoms with E-state index in [1.54, 1.807) is 6.07 Å². The second-order valence-corrected chi connectivity index (χ2v) is 11.6. The highest BCUT2D eigenvalue weighted by Gasteiger charge is 2.52. The number of carbonyl (C=O) groups excluding carboxylic acids is 1. The highest BCUT2D eigenvalue weighted by atomic mass is 32.2. The minimum atomic E-state index is -4.70. The van der Waals surface area contributed by atoms with Gasteiger partial charge >= 0.3 is 23.9 Å². The van der Waals surface area contributed by atoms with Crippen LogP contribution in [-0.4, -0.2) is 24.5 Å². The Kier molecular flexibility index (Phi) is 10.3. The normalized spacial score (nSPS) is 13.9. The van der Waals surface area contributed by atoms with Gasteiger partial charge in [0, 0.05) is 21.6 Å². The van der Waals surface area contributed by atoms with Crippen molar-refractivity contribution in [1.29, 1.82) is 0 Å². The van der Waals surface area contributed by atoms with Gasteiger partial charge in [0.25, 0.3) is 0 Å². The second kappa shape index (κ2) is 12.9. The van der Waals surface area contributed by atoms with Gasteiger partial charge in [-0.15, -0.1) is 11.8 Å². The highest BCUT2D eigenvalue weighted by Crippen LogP contribution is 2.43. The summed E-state index contributed by atoms with van der Waals surface area (Å²) in [5.74, 6) is -1.81. The molecule has 2 aromatic carbocycles. The van der Waals surface area contributed by atoms with Crippen LogP contribution < -0.4 is 5.63 Å². The molecule has 0 amide bonds. The molecule has 1 atom stereocenters. The molecule has 4 nitrogen and oxygen atoms in total. The van der Waals surface area contributed by atoms with Gasteiger partial charge in [0.05, 0.1) is 17.0 Å². The summed E-state index contributed by atoms with van der Waals surface area (Å²) in [5, 5.41) is 0.313. The largest absolute Gasteiger partial charge is 0.465 e. The van der Waals surface area contributed by atoms with Crippen LogP contribution >= 0.6 is 11.8 Å². The Hall–Kier alpha value is -2.95. The van der Waals surface area contributed by atoms with E-state index in [4.69, 9.17) is 9.15 Å². The summed E-state index contributed by atoms with van der Waals surface area (Å²) >= 11 is 0.829. The van der Waals surface area contributed by atoms with Gasteiger partial charge in [0.1, 0.15) is 17.6 Å². The fourth-order valence-electron chi connectivity index (χ4n) is 4.01. The third-order valence-corrected chi connectivity index (χ3v) is 8.07. The predicted molar refractivity (Wildman–Crippen MR) is 147 cm³/mol. The zero-order chi connectivity index (χ0) is 30.6. The highest BCUT2D eigenvalue weighted by molar-refractivity contribution is 7.99. The first-order chi connectivity index (χ1) is 19.1. The molecular weight excluding hydrogens is 570 g/mol. The quantitative estimate of drug-likeness (QED) is 0.0721. The molecule has 1 heterocycles. The second-order valence-electron chi connectivity index (χ2n) is 10.6. The Morgan fingerprint density at radius 1 is 0.976 bits per heavy atom. The van der Waals surface area contributed by atoms with Crippen molar-refractivity contribution in [2.45, 2.75) is 70.6 Å². The van der Waals surface area contributed by atoms with Gasteiger partial charge in [-0.1, -0.05) is 51.8 Å². The Labute approximate surface area is 238 Å². The summed E-state index contributed by atoms with van der Waals surface area (Å²) in [4.78, 5) is 24.9. The van der Waals surface area contributed by atoms with E-state index in [1.807, 2.05) is 6.92 Å². The molecule has 0 spiro atoms. The lowest BCUT2D eigenvalue weighted by Crippen LogP contribution is -2.42. The zero-order valence-electron chi connectivity index (χ0n) is 23.2. The molecule has 0 aliphatic carbocycles. The molecule has 3 aromatic rings. The van der Waals surface area contributed by atoms with Gasteiger partial charge in [-0.05, 0) is 49.6 Å². The first kappa shape index (κ1) is 32.6. The third-order valence-electron chi connectivity index (χ3n) is 6.70. The van der Waals surface area contributed by atoms with Crippen LogP contribution in [0.2, 0.25) is 0 Å². The van der Waals surface area contributed by atoms with E-state index < -0.39 is 53.2 Å². The molecule has 0 aliphatic heterocycles. The number of thioether (sulfide) groups is 1. The molecule has 1 unspecified atom stereocenters. The topological polar surface area (TPSA) is 56.5 Å². The molecule has 0 saturated heterocycles. The number of alkyl halides is 6. The summed E-state index contributed by atoms with van der Waals surface area (Å²) in [6.07, 6.45) is -6.32. The fourth-order valence-corrected chi connectivity index (χ4v) is 5.10. The summed E-state index contributed by atoms with van der Waals surface area (Å²) in [6, 6.07) is 9.53. The van der Waals surface area contributed by atoms with E-state index in [1.165, 1.54) is 44.2 Å². The molecule has 1 aromatic heterocycles. The van der Waals surface area contributed by atoms with Crippen LogP contribution in [0.4, 0.5) is 26.3 Å². The van der Waals surface area contributed by atoms with Crippen LogP contribution in [0.15, 0.2) is 56.6 Å². The standard InChI is InChI=1S/C30H32F6O4S/c1-5-6-7-8-19-9-12-22(24(13-19)29(31,32)33)23-14-20-10-11-21(15-25(20)40-27(23)38)41-17-28(4,30(34,35)36)16-39-26(37)18(2)3/h9-15,18H,5-8,16-17H2,1-4H3. The summed E-state index contributed by atoms with van der Waals surface area (Å²) in [6.45, 7) is 5.13. The minimum absolute atomic E-state index is 0.0217. The van der Waals surface area contributed by atoms with Crippen LogP contribution in [0, 0.1) is 11.3 Å². The Bertz CT molecular complexity index is 1430. The van der Waals surface area contributed by atoms with Crippen LogP contribution in [-0.2, 0) is 22.1 Å². The van der Waals surface area contributed by atoms with Gasteiger partial charge in [0.15, 0.2) is 0 Å². The van der Waals surface area contributed by atoms with Crippen LogP contribution in [0.3, 0.4) is 0 Å². The monoisotopic (exact) mass is 602 g/mol. The van der Waals surface area contributed by atoms with Gasteiger partial charge in [-0.3, -0.25) is 4.79 Å². The van der Waals surface area contributed by atoms with Crippen LogP contribution in [0.5, 0.6) is 0 Å². The lowest BCUT2D eigenvalue weighted by Gasteiger charge is -2.31. The maximum atomic E-state index is 14.0. The van der Waals surface area contributed by atoms with Crippen molar-refractivity contribution >= 4 is 28.7 Å². The maximum Gasteiger partial charge on any atom is 0.417 e. The Morgan fingerprint density at radius 2 is 1.68 bits per heavy atom. The average molecular weight is 603 g/mol. The number of unbranched alkanes of at least 4 members (excludes halogenated alkanes) is 2. The summed E-state index contributed by atoms with van der Waals surface area (Å²) in [7, 11) is 0. The van der Waals surface area contributed by atoms with Crippen molar-refractivity contribution in [3.8, 4) is 11.1 Å². The van der Waals surface area contributed by atoms with E-state index in [0.29, 0.717) is 22.3 Å². The first-order valence-electron chi connectivity index (χ1n) is 13.2. The summed E-state index contributed by atoms with van der Waals surface area (Å²) < 4.78 is 93.6. The minimum Gasteiger partial charge on any atom is -0.465 e. The number of rotatable bonds is 11. The molecule has 0 bridgehead atoms. The smallest absolute Gasteiger partial charge is 0.417 e. The number of ether oxygens (including phenoxy) is 1. The molecule has 3 rings (SSSR count). The Morgan fingerprint density at radius 3 is 2.29 bits per heavy atom. The third kappa shape index (κ3) is 8.08. The van der Waals surface area contributed by atoms with E-state index in [0.717, 1.165) is 44.0 Å². The molecule has 41 heavy (non-hydrogen) atoms. The van der Waals surface area contributed by atoms with E-state index in [9.17, 15) is 35.9 Å². The van der Waals surface area contributed by atoms with Gasteiger partial charge in [0.2, 0.25) is 0 Å². The van der Waals surface area contributed by atoms with E-state index in [-0.39, 0.29) is 16.7 Å². The number of benzene rings is 2. The molecule has 0 N–H and O–H groups in total. The van der Waals surface area contributed by atoms with E-state index >= 15 is 0 Å². The predicted octanol–water partition coefficient (Wildman–Crippen LogP) is 9.07. The SMILES string of the molecule is CCCCCc1ccc(-c2cc3ccc(SCC(C)(COC(=O)C(C)C)C(F)(F)F)cc3oc2=O)c(C(F)(F)F)c1. The lowest BCUT2D eigenvalue weighted by atomic mass is 9.94. The molecule has 0 saturated carbocycles. The number of halogens is 6. The van der Waals surface area contributed by atoms with Crippen molar-refractivity contribution in [2.24, 2.45) is 11.3 Å². The van der Waals surface area contributed by atoms with Gasteiger partial charge in [-0.25, -0.2) is 4.79 Å². The summed E-state index contributed by atoms with van der Waals surface area (Å²) in [5.41, 5.74) is -4.30. The number of fused-ring (bicyclic) bond motifs is 1. The molecule has 11 heteroatoms. The number of esters is 1. The molecule has 224 valence electrons. The van der Waals surface area contributed by atoms with Crippen LogP contribution in [0.1, 0.15) is 58.1 Å². The molecule has 0 fully saturated rings. The Balaban J connectivity index is 1.90. The van der Waals surface area contributed by atoms with Crippen LogP contribution in [0.25, 0.3) is 22.1 Å². The first-order valence-corrected chi connectivity index (χ1v) is 14.2. The molecule has 0 radical (unpaired) electrons. The van der Waals surface area contributed by atoms with Gasteiger partial charge in [-0.2, -0.15) is 26.3 Å². The lowest BCUT2D eigenvalue weighted by molar-refractivity contribution is -0.224. The number of hydrogen-bond donors (Lipinski definition) is 0. The zero-order valence-corrected chi connectivity index (χ0v) is 24.0. The van der Waals surface area contributed by atoms with E-state index in [2.05, 4.69) is 0 Å². The molecule has 0 aliphatic rings. The van der Waals surface area contributed by atoms with Crippen molar-refractivity contribution in [3.05, 3.63) is 64.0 Å². The molecular formula is C30H32F6O4S. The van der Waals surface area contributed by atoms with Crippen molar-refractivity contribution < 1.29 is 40.3 Å². The van der Waals surface area contributed by atoms with Crippen molar-refractivity contribution in [2.75, 3.05) is 12.4 Å². The van der Waals surface area contributed by atoms with Crippen molar-refractivity contribution in [3.63, 3.8) is 0 Å². The van der Waals surface area contributed by atoms with Gasteiger partial charge < -0.3 is 9.15 Å². The average Bonchev–Trinajstić information content (AvgIpc) is 2.89. The maximum absolute atomic E-state index is 14.0. The number of hydrogen-bond acceptors (Lipinski definition) is 5. The fraction of sp³-hybridized carbons (Fsp3) is 0.467.